The molecule has 1 amide bonds. The van der Waals surface area contributed by atoms with Crippen LogP contribution in [0.25, 0.3) is 10.8 Å². The molecule has 0 saturated carbocycles. The summed E-state index contributed by atoms with van der Waals surface area (Å²) >= 11 is 0. The minimum Gasteiger partial charge on any atom is -0.481 e. The van der Waals surface area contributed by atoms with E-state index in [1.54, 1.807) is 0 Å². The number of carbonyl (C=O) groups is 2. The lowest BCUT2D eigenvalue weighted by atomic mass is 9.94. The first-order valence-electron chi connectivity index (χ1n) is 11.3. The summed E-state index contributed by atoms with van der Waals surface area (Å²) in [6.45, 7) is 4.87. The third-order valence-electron chi connectivity index (χ3n) is 6.06. The van der Waals surface area contributed by atoms with E-state index in [1.165, 1.54) is 21.2 Å². The van der Waals surface area contributed by atoms with Gasteiger partial charge in [0.2, 0.25) is 0 Å². The molecule has 3 atom stereocenters. The highest BCUT2D eigenvalue weighted by atomic mass is 16.6. The number of rotatable bonds is 5. The average molecular weight is 465 g/mol. The van der Waals surface area contributed by atoms with E-state index >= 15 is 0 Å². The van der Waals surface area contributed by atoms with Crippen LogP contribution in [0.4, 0.5) is 4.79 Å². The van der Waals surface area contributed by atoms with Crippen LogP contribution in [0.5, 0.6) is 0 Å². The first kappa shape index (κ1) is 26.9. The minimum atomic E-state index is -0.838. The number of carbonyl (C=O) groups excluding carboxylic acids is 1. The molecule has 0 unspecified atom stereocenters. The van der Waals surface area contributed by atoms with E-state index < -0.39 is 18.0 Å². The van der Waals surface area contributed by atoms with Gasteiger partial charge in [-0.15, -0.1) is 0 Å². The van der Waals surface area contributed by atoms with Crippen molar-refractivity contribution in [3.8, 4) is 0 Å². The van der Waals surface area contributed by atoms with Gasteiger partial charge in [-0.1, -0.05) is 93.6 Å². The fourth-order valence-electron chi connectivity index (χ4n) is 4.17. The number of amides is 1. The maximum absolute atomic E-state index is 12.0. The van der Waals surface area contributed by atoms with Crippen molar-refractivity contribution >= 4 is 22.8 Å². The molecule has 0 bridgehead atoms. The maximum atomic E-state index is 12.0. The third-order valence-corrected chi connectivity index (χ3v) is 6.06. The van der Waals surface area contributed by atoms with Gasteiger partial charge in [-0.3, -0.25) is 4.79 Å². The van der Waals surface area contributed by atoms with Crippen molar-refractivity contribution in [3.05, 3.63) is 83.9 Å². The van der Waals surface area contributed by atoms with E-state index in [4.69, 9.17) is 15.6 Å². The van der Waals surface area contributed by atoms with E-state index in [2.05, 4.69) is 30.3 Å². The highest BCUT2D eigenvalue weighted by Crippen LogP contribution is 2.27. The first-order valence-corrected chi connectivity index (χ1v) is 11.3. The molecule has 1 heterocycles. The molecule has 34 heavy (non-hydrogen) atoms. The number of benzene rings is 3. The van der Waals surface area contributed by atoms with Crippen LogP contribution in [0.2, 0.25) is 0 Å². The Kier molecular flexibility index (Phi) is 10.1. The van der Waals surface area contributed by atoms with Crippen LogP contribution >= 0.6 is 0 Å². The third kappa shape index (κ3) is 6.81. The summed E-state index contributed by atoms with van der Waals surface area (Å²) in [5, 5.41) is 11.7. The Morgan fingerprint density at radius 3 is 2.29 bits per heavy atom. The van der Waals surface area contributed by atoms with Crippen LogP contribution in [0.15, 0.2) is 72.8 Å². The van der Waals surface area contributed by atoms with E-state index in [1.807, 2.05) is 56.3 Å². The predicted octanol–water partition coefficient (Wildman–Crippen LogP) is 5.86. The second-order valence-corrected chi connectivity index (χ2v) is 8.42. The Bertz CT molecular complexity index is 1060. The molecule has 4 rings (SSSR count). The highest BCUT2D eigenvalue weighted by Gasteiger charge is 2.39. The lowest BCUT2D eigenvalue weighted by Crippen LogP contribution is -2.30. The average Bonchev–Trinajstić information content (AvgIpc) is 3.28. The number of aliphatic carboxylic acids is 1. The number of ether oxygens (including phenoxy) is 1. The van der Waals surface area contributed by atoms with Crippen molar-refractivity contribution in [2.24, 2.45) is 17.6 Å². The van der Waals surface area contributed by atoms with Gasteiger partial charge < -0.3 is 20.5 Å². The Balaban J connectivity index is 0.000000253. The molecule has 3 aromatic rings. The molecule has 182 valence electrons. The second-order valence-electron chi connectivity index (χ2n) is 8.42. The van der Waals surface area contributed by atoms with E-state index in [9.17, 15) is 9.59 Å². The molecule has 3 N–H and O–H groups in total. The van der Waals surface area contributed by atoms with Crippen molar-refractivity contribution in [1.82, 2.24) is 4.90 Å². The number of hydrogen-bond donors (Lipinski definition) is 2. The summed E-state index contributed by atoms with van der Waals surface area (Å²) in [6.07, 6.45) is 0.315. The van der Waals surface area contributed by atoms with Crippen LogP contribution in [-0.4, -0.2) is 35.2 Å². The number of nitrogens with two attached hydrogens (primary N) is 1. The number of carboxylic acids is 1. The molecule has 0 radical (unpaired) electrons. The van der Waals surface area contributed by atoms with Crippen LogP contribution < -0.4 is 5.73 Å². The molecular formula is C28H36N2O4. The largest absolute Gasteiger partial charge is 0.481 e. The van der Waals surface area contributed by atoms with Crippen LogP contribution in [0.3, 0.4) is 0 Å². The Hall–Kier alpha value is -3.38. The molecule has 1 saturated heterocycles. The highest BCUT2D eigenvalue weighted by molar-refractivity contribution is 5.86. The van der Waals surface area contributed by atoms with Crippen molar-refractivity contribution in [2.75, 3.05) is 13.1 Å². The van der Waals surface area contributed by atoms with Crippen LogP contribution in [0.1, 0.15) is 44.9 Å². The Morgan fingerprint density at radius 1 is 1.03 bits per heavy atom. The lowest BCUT2D eigenvalue weighted by molar-refractivity contribution is -0.142. The standard InChI is InChI=1S/C15H19NO4.C12H13N.CH4/c1-2-12-8-16(9-13(12)14(17)18)15(19)20-10-11-6-4-3-5-7-11;1-9(13)11-8-4-6-10-5-2-3-7-12(10)11;/h3-7,12-13H,2,8-10H2,1H3,(H,17,18);2-9H,13H2,1H3;1H4/t12-,13+;9-;/m11./s1. The quantitative estimate of drug-likeness (QED) is 0.493. The Morgan fingerprint density at radius 2 is 1.68 bits per heavy atom. The van der Waals surface area contributed by atoms with Gasteiger partial charge in [0.25, 0.3) is 0 Å². The van der Waals surface area contributed by atoms with Crippen molar-refractivity contribution < 1.29 is 19.4 Å². The van der Waals surface area contributed by atoms with E-state index in [-0.39, 0.29) is 32.5 Å². The fraction of sp³-hybridized carbons (Fsp3) is 0.357. The molecule has 1 aliphatic rings. The number of fused-ring (bicyclic) bond motifs is 1. The van der Waals surface area contributed by atoms with Gasteiger partial charge in [-0.05, 0) is 34.7 Å². The molecule has 0 aliphatic carbocycles. The first-order chi connectivity index (χ1) is 15.9. The Labute approximate surface area is 202 Å². The number of carboxylic acid groups (broad SMARTS) is 1. The molecule has 0 aromatic heterocycles. The molecule has 1 fully saturated rings. The van der Waals surface area contributed by atoms with Crippen molar-refractivity contribution in [1.29, 1.82) is 0 Å². The number of hydrogen-bond acceptors (Lipinski definition) is 4. The van der Waals surface area contributed by atoms with E-state index in [0.717, 1.165) is 12.0 Å². The van der Waals surface area contributed by atoms with Crippen molar-refractivity contribution in [3.63, 3.8) is 0 Å². The molecule has 6 nitrogen and oxygen atoms in total. The number of nitrogens with zero attached hydrogens (tertiary/aromatic N) is 1. The van der Waals surface area contributed by atoms with Crippen LogP contribution in [0, 0.1) is 11.8 Å². The van der Waals surface area contributed by atoms with Gasteiger partial charge in [-0.25, -0.2) is 4.79 Å². The van der Waals surface area contributed by atoms with Gasteiger partial charge in [0.05, 0.1) is 5.92 Å². The van der Waals surface area contributed by atoms with Gasteiger partial charge >= 0.3 is 12.1 Å². The summed E-state index contributed by atoms with van der Waals surface area (Å²) < 4.78 is 5.23. The zero-order valence-electron chi connectivity index (χ0n) is 19.2. The zero-order chi connectivity index (χ0) is 23.8. The smallest absolute Gasteiger partial charge is 0.410 e. The monoisotopic (exact) mass is 464 g/mol. The number of likely N-dealkylation sites (tertiary alicyclic amines) is 1. The molecule has 1 aliphatic heterocycles. The molecule has 3 aromatic carbocycles. The molecule has 0 spiro atoms. The molecular weight excluding hydrogens is 428 g/mol. The van der Waals surface area contributed by atoms with E-state index in [0.29, 0.717) is 6.54 Å². The minimum absolute atomic E-state index is 0. The predicted molar refractivity (Wildman–Crippen MR) is 136 cm³/mol. The summed E-state index contributed by atoms with van der Waals surface area (Å²) in [5.41, 5.74) is 8.02. The normalized spacial score (nSPS) is 17.8. The SMILES string of the molecule is C.CC[C@@H]1CN(C(=O)OCc2ccccc2)C[C@@H]1C(=O)O.C[C@@H](N)c1cccc2ccccc12. The van der Waals surface area contributed by atoms with Gasteiger partial charge in [0, 0.05) is 19.1 Å². The maximum Gasteiger partial charge on any atom is 0.410 e. The van der Waals surface area contributed by atoms with Crippen LogP contribution in [-0.2, 0) is 16.1 Å². The van der Waals surface area contributed by atoms with Gasteiger partial charge in [0.1, 0.15) is 6.61 Å². The summed E-state index contributed by atoms with van der Waals surface area (Å²) in [6, 6.07) is 24.1. The summed E-state index contributed by atoms with van der Waals surface area (Å²) in [5.74, 6) is -1.31. The summed E-state index contributed by atoms with van der Waals surface area (Å²) in [4.78, 5) is 24.6. The van der Waals surface area contributed by atoms with Gasteiger partial charge in [-0.2, -0.15) is 0 Å². The van der Waals surface area contributed by atoms with Gasteiger partial charge in [0.15, 0.2) is 0 Å². The lowest BCUT2D eigenvalue weighted by Gasteiger charge is -2.15. The van der Waals surface area contributed by atoms with Crippen molar-refractivity contribution in [2.45, 2.75) is 40.3 Å². The second kappa shape index (κ2) is 12.8. The fourth-order valence-corrected chi connectivity index (χ4v) is 4.17. The molecule has 6 heteroatoms. The zero-order valence-corrected chi connectivity index (χ0v) is 19.2. The topological polar surface area (TPSA) is 92.9 Å². The summed E-state index contributed by atoms with van der Waals surface area (Å²) in [7, 11) is 0.